The van der Waals surface area contributed by atoms with Crippen molar-refractivity contribution in [1.29, 1.82) is 0 Å². The molecule has 0 amide bonds. The van der Waals surface area contributed by atoms with Crippen LogP contribution in [0.25, 0.3) is 21.9 Å². The van der Waals surface area contributed by atoms with Crippen molar-refractivity contribution in [1.82, 2.24) is 4.98 Å². The fraction of sp³-hybridized carbons (Fsp3) is 0.105. The Kier molecular flexibility index (Phi) is 2.94. The molecule has 1 aliphatic heterocycles. The van der Waals surface area contributed by atoms with Crippen LogP contribution >= 0.6 is 0 Å². The lowest BCUT2D eigenvalue weighted by Crippen LogP contribution is -2.29. The first-order valence-electron chi connectivity index (χ1n) is 8.07. The highest BCUT2D eigenvalue weighted by Gasteiger charge is 2.48. The molecule has 2 atom stereocenters. The predicted molar refractivity (Wildman–Crippen MR) is 94.0 cm³/mol. The van der Waals surface area contributed by atoms with E-state index in [2.05, 4.69) is 4.98 Å². The lowest BCUT2D eigenvalue weighted by Gasteiger charge is -2.10. The Balaban J connectivity index is 1.84. The van der Waals surface area contributed by atoms with Crippen molar-refractivity contribution in [2.24, 2.45) is 0 Å². The number of nitrogens with zero attached hydrogens (tertiary/aromatic N) is 1. The zero-order chi connectivity index (χ0) is 17.8. The monoisotopic (exact) mass is 348 g/mol. The Morgan fingerprint density at radius 2 is 1.77 bits per heavy atom. The molecule has 0 aliphatic carbocycles. The minimum absolute atomic E-state index is 0.190. The lowest BCUT2D eigenvalue weighted by molar-refractivity contribution is -0.561. The first-order valence-corrected chi connectivity index (χ1v) is 8.07. The second-order valence-corrected chi connectivity index (χ2v) is 6.19. The maximum atomic E-state index is 12.7. The summed E-state index contributed by atoms with van der Waals surface area (Å²) in [6.07, 6.45) is 0.303. The van der Waals surface area contributed by atoms with E-state index in [1.165, 1.54) is 0 Å². The van der Waals surface area contributed by atoms with Crippen molar-refractivity contribution in [3.63, 3.8) is 0 Å². The van der Waals surface area contributed by atoms with E-state index in [0.717, 1.165) is 10.9 Å². The summed E-state index contributed by atoms with van der Waals surface area (Å²) in [6, 6.07) is 14.3. The van der Waals surface area contributed by atoms with Gasteiger partial charge in [-0.15, -0.1) is 0 Å². The third-order valence-electron chi connectivity index (χ3n) is 4.80. The third kappa shape index (κ3) is 1.91. The van der Waals surface area contributed by atoms with Crippen LogP contribution in [0.2, 0.25) is 0 Å². The Hall–Kier alpha value is -3.61. The number of nitro groups is 1. The molecule has 0 radical (unpaired) electrons. The van der Waals surface area contributed by atoms with Crippen LogP contribution in [0.15, 0.2) is 63.9 Å². The van der Waals surface area contributed by atoms with Crippen molar-refractivity contribution in [2.75, 3.05) is 0 Å². The van der Waals surface area contributed by atoms with Crippen LogP contribution in [0.1, 0.15) is 17.0 Å². The molecule has 128 valence electrons. The summed E-state index contributed by atoms with van der Waals surface area (Å²) in [7, 11) is 0. The summed E-state index contributed by atoms with van der Waals surface area (Å²) >= 11 is 0. The SMILES string of the molecule is O=c1oc2ccccc2c2c1C(c1c[nH]c3ccccc13)C([N+](=O)[O-])O2. The molecular formula is C19H12N2O5. The highest BCUT2D eigenvalue weighted by molar-refractivity contribution is 5.88. The number of hydrogen-bond acceptors (Lipinski definition) is 5. The smallest absolute Gasteiger partial charge is 0.365 e. The van der Waals surface area contributed by atoms with Gasteiger partial charge in [0.1, 0.15) is 17.3 Å². The maximum absolute atomic E-state index is 12.7. The summed E-state index contributed by atoms with van der Waals surface area (Å²) in [6.45, 7) is 0. The van der Waals surface area contributed by atoms with Gasteiger partial charge in [0.05, 0.1) is 15.9 Å². The van der Waals surface area contributed by atoms with E-state index in [0.29, 0.717) is 16.5 Å². The van der Waals surface area contributed by atoms with Crippen LogP contribution < -0.4 is 10.4 Å². The van der Waals surface area contributed by atoms with Gasteiger partial charge in [-0.3, -0.25) is 10.1 Å². The summed E-state index contributed by atoms with van der Waals surface area (Å²) in [4.78, 5) is 27.0. The Morgan fingerprint density at radius 3 is 2.58 bits per heavy atom. The molecule has 0 fully saturated rings. The number of benzene rings is 2. The van der Waals surface area contributed by atoms with Crippen LogP contribution in [0.5, 0.6) is 5.75 Å². The number of nitrogens with one attached hydrogen (secondary N) is 1. The summed E-state index contributed by atoms with van der Waals surface area (Å²) in [5.41, 5.74) is 1.40. The number of ether oxygens (including phenoxy) is 1. The highest BCUT2D eigenvalue weighted by atomic mass is 16.7. The molecule has 0 saturated heterocycles. The summed E-state index contributed by atoms with van der Waals surface area (Å²) < 4.78 is 11.1. The van der Waals surface area contributed by atoms with Gasteiger partial charge in [-0.2, -0.15) is 0 Å². The van der Waals surface area contributed by atoms with Crippen molar-refractivity contribution in [3.8, 4) is 5.75 Å². The Morgan fingerprint density at radius 1 is 1.04 bits per heavy atom. The van der Waals surface area contributed by atoms with Gasteiger partial charge in [-0.05, 0) is 23.8 Å². The molecule has 0 saturated carbocycles. The molecule has 2 unspecified atom stereocenters. The van der Waals surface area contributed by atoms with Gasteiger partial charge in [0.15, 0.2) is 0 Å². The average Bonchev–Trinajstić information content (AvgIpc) is 3.23. The molecule has 7 nitrogen and oxygen atoms in total. The number of fused-ring (bicyclic) bond motifs is 4. The van der Waals surface area contributed by atoms with E-state index >= 15 is 0 Å². The number of para-hydroxylation sites is 2. The Bertz CT molecular complexity index is 1240. The topological polar surface area (TPSA) is 98.4 Å². The number of hydrogen-bond donors (Lipinski definition) is 1. The molecule has 1 N–H and O–H groups in total. The number of H-pyrrole nitrogens is 1. The van der Waals surface area contributed by atoms with Crippen molar-refractivity contribution in [2.45, 2.75) is 12.1 Å². The molecular weight excluding hydrogens is 336 g/mol. The van der Waals surface area contributed by atoms with Gasteiger partial charge in [0.2, 0.25) is 0 Å². The van der Waals surface area contributed by atoms with Crippen molar-refractivity contribution < 1.29 is 14.1 Å². The van der Waals surface area contributed by atoms with Gasteiger partial charge in [0.25, 0.3) is 0 Å². The van der Waals surface area contributed by atoms with Crippen LogP contribution in [0.3, 0.4) is 0 Å². The average molecular weight is 348 g/mol. The molecule has 5 rings (SSSR count). The Labute approximate surface area is 146 Å². The minimum atomic E-state index is -1.39. The van der Waals surface area contributed by atoms with Crippen LogP contribution in [0.4, 0.5) is 0 Å². The van der Waals surface area contributed by atoms with E-state index in [1.807, 2.05) is 24.3 Å². The molecule has 7 heteroatoms. The fourth-order valence-electron chi connectivity index (χ4n) is 3.69. The van der Waals surface area contributed by atoms with E-state index in [1.54, 1.807) is 30.5 Å². The van der Waals surface area contributed by atoms with E-state index in [4.69, 9.17) is 9.15 Å². The van der Waals surface area contributed by atoms with Gasteiger partial charge in [0, 0.05) is 17.1 Å². The molecule has 2 aromatic heterocycles. The molecule has 1 aliphatic rings. The summed E-state index contributed by atoms with van der Waals surface area (Å²) in [5.74, 6) is -0.620. The zero-order valence-electron chi connectivity index (χ0n) is 13.3. The minimum Gasteiger partial charge on any atom is -0.428 e. The molecule has 26 heavy (non-hydrogen) atoms. The second-order valence-electron chi connectivity index (χ2n) is 6.19. The van der Waals surface area contributed by atoms with E-state index < -0.39 is 22.7 Å². The molecule has 0 spiro atoms. The molecule has 3 heterocycles. The van der Waals surface area contributed by atoms with Gasteiger partial charge < -0.3 is 14.1 Å². The number of rotatable bonds is 2. The quantitative estimate of drug-likeness (QED) is 0.340. The standard InChI is InChI=1S/C19H12N2O5/c22-19-16-15(12-9-20-13-7-3-1-5-10(12)13)18(21(23)24)26-17(16)11-6-2-4-8-14(11)25-19/h1-9,15,18,20H. The van der Waals surface area contributed by atoms with Crippen LogP contribution in [-0.2, 0) is 0 Å². The molecule has 2 aromatic carbocycles. The van der Waals surface area contributed by atoms with E-state index in [-0.39, 0.29) is 11.3 Å². The van der Waals surface area contributed by atoms with Gasteiger partial charge in [-0.1, -0.05) is 30.3 Å². The first kappa shape index (κ1) is 14.7. The number of aromatic nitrogens is 1. The fourth-order valence-corrected chi connectivity index (χ4v) is 3.69. The van der Waals surface area contributed by atoms with Crippen molar-refractivity contribution in [3.05, 3.63) is 86.4 Å². The van der Waals surface area contributed by atoms with E-state index in [9.17, 15) is 14.9 Å². The first-order chi connectivity index (χ1) is 12.6. The van der Waals surface area contributed by atoms with Crippen molar-refractivity contribution >= 4 is 21.9 Å². The number of aromatic amines is 1. The molecule has 4 aromatic rings. The van der Waals surface area contributed by atoms with Gasteiger partial charge in [-0.25, -0.2) is 4.79 Å². The lowest BCUT2D eigenvalue weighted by atomic mass is 9.91. The predicted octanol–water partition coefficient (Wildman–Crippen LogP) is 3.40. The van der Waals surface area contributed by atoms with Crippen LogP contribution in [0, 0.1) is 10.1 Å². The zero-order valence-corrected chi connectivity index (χ0v) is 13.3. The third-order valence-corrected chi connectivity index (χ3v) is 4.80. The normalized spacial score (nSPS) is 18.8. The highest BCUT2D eigenvalue weighted by Crippen LogP contribution is 2.45. The maximum Gasteiger partial charge on any atom is 0.365 e. The second kappa shape index (κ2) is 5.19. The largest absolute Gasteiger partial charge is 0.428 e. The molecule has 0 bridgehead atoms. The van der Waals surface area contributed by atoms with Gasteiger partial charge >= 0.3 is 11.9 Å². The summed E-state index contributed by atoms with van der Waals surface area (Å²) in [5, 5.41) is 13.1. The van der Waals surface area contributed by atoms with Crippen LogP contribution in [-0.4, -0.2) is 16.1 Å².